The summed E-state index contributed by atoms with van der Waals surface area (Å²) < 4.78 is 0. The monoisotopic (exact) mass is 269 g/mol. The fourth-order valence-electron chi connectivity index (χ4n) is 1.99. The Balaban J connectivity index is 1.91. The molecule has 20 heavy (non-hydrogen) atoms. The average molecular weight is 269 g/mol. The van der Waals surface area contributed by atoms with Crippen molar-refractivity contribution >= 4 is 5.91 Å². The Labute approximate surface area is 119 Å². The van der Waals surface area contributed by atoms with Crippen molar-refractivity contribution in [1.82, 2.24) is 10.3 Å². The van der Waals surface area contributed by atoms with Gasteiger partial charge in [-0.2, -0.15) is 0 Å². The van der Waals surface area contributed by atoms with Crippen LogP contribution in [0.25, 0.3) is 0 Å². The summed E-state index contributed by atoms with van der Waals surface area (Å²) in [6, 6.07) is 14.7. The quantitative estimate of drug-likeness (QED) is 0.870. The number of hydrogen-bond donors (Lipinski definition) is 2. The Morgan fingerprint density at radius 1 is 1.20 bits per heavy atom. The molecule has 0 aliphatic carbocycles. The number of carbonyl (C=O) groups is 1. The van der Waals surface area contributed by atoms with Crippen molar-refractivity contribution in [3.8, 4) is 0 Å². The van der Waals surface area contributed by atoms with Crippen molar-refractivity contribution in [3.63, 3.8) is 0 Å². The molecule has 1 amide bonds. The number of aromatic nitrogens is 1. The van der Waals surface area contributed by atoms with E-state index in [-0.39, 0.29) is 11.9 Å². The summed E-state index contributed by atoms with van der Waals surface area (Å²) in [6.45, 7) is 1.90. The average Bonchev–Trinajstić information content (AvgIpc) is 2.49. The third-order valence-electron chi connectivity index (χ3n) is 3.13. The summed E-state index contributed by atoms with van der Waals surface area (Å²) in [5, 5.41) is 2.89. The van der Waals surface area contributed by atoms with E-state index in [9.17, 15) is 4.79 Å². The molecule has 0 spiro atoms. The van der Waals surface area contributed by atoms with Gasteiger partial charge in [0, 0.05) is 6.20 Å². The van der Waals surface area contributed by atoms with Gasteiger partial charge in [0.25, 0.3) is 0 Å². The highest BCUT2D eigenvalue weighted by molar-refractivity contribution is 5.82. The summed E-state index contributed by atoms with van der Waals surface area (Å²) >= 11 is 0. The highest BCUT2D eigenvalue weighted by atomic mass is 16.2. The fraction of sp³-hybridized carbons (Fsp3) is 0.250. The van der Waals surface area contributed by atoms with E-state index in [1.807, 2.05) is 55.5 Å². The van der Waals surface area contributed by atoms with Gasteiger partial charge in [0.1, 0.15) is 0 Å². The van der Waals surface area contributed by atoms with Crippen molar-refractivity contribution in [2.45, 2.75) is 25.4 Å². The van der Waals surface area contributed by atoms with Crippen LogP contribution < -0.4 is 11.1 Å². The standard InChI is InChI=1S/C16H19N3O/c1-12(15-9-5-6-10-18-15)19-16(20)14(17)11-13-7-3-2-4-8-13/h2-10,12,14H,11,17H2,1H3,(H,19,20)/t12-,14?/m0/s1. The molecular formula is C16H19N3O. The second-order valence-electron chi connectivity index (χ2n) is 4.78. The van der Waals surface area contributed by atoms with Crippen LogP contribution in [0.15, 0.2) is 54.7 Å². The molecule has 0 saturated carbocycles. The van der Waals surface area contributed by atoms with Gasteiger partial charge in [0.05, 0.1) is 17.8 Å². The topological polar surface area (TPSA) is 68.0 Å². The van der Waals surface area contributed by atoms with E-state index < -0.39 is 6.04 Å². The molecule has 1 heterocycles. The molecule has 1 aromatic heterocycles. The first-order valence-electron chi connectivity index (χ1n) is 6.67. The maximum Gasteiger partial charge on any atom is 0.237 e. The molecule has 2 aromatic rings. The van der Waals surface area contributed by atoms with Gasteiger partial charge in [-0.25, -0.2) is 0 Å². The summed E-state index contributed by atoms with van der Waals surface area (Å²) in [6.07, 6.45) is 2.24. The van der Waals surface area contributed by atoms with Gasteiger partial charge in [-0.05, 0) is 31.0 Å². The highest BCUT2D eigenvalue weighted by Gasteiger charge is 2.17. The van der Waals surface area contributed by atoms with Crippen LogP contribution in [0.5, 0.6) is 0 Å². The van der Waals surface area contributed by atoms with E-state index in [0.717, 1.165) is 11.3 Å². The van der Waals surface area contributed by atoms with Crippen LogP contribution in [0.2, 0.25) is 0 Å². The molecule has 0 radical (unpaired) electrons. The number of benzene rings is 1. The van der Waals surface area contributed by atoms with Gasteiger partial charge < -0.3 is 11.1 Å². The Bertz CT molecular complexity index is 542. The molecule has 4 heteroatoms. The number of nitrogens with two attached hydrogens (primary N) is 1. The van der Waals surface area contributed by atoms with E-state index in [2.05, 4.69) is 10.3 Å². The van der Waals surface area contributed by atoms with E-state index in [0.29, 0.717) is 6.42 Å². The summed E-state index contributed by atoms with van der Waals surface area (Å²) in [4.78, 5) is 16.3. The second-order valence-corrected chi connectivity index (χ2v) is 4.78. The lowest BCUT2D eigenvalue weighted by Gasteiger charge is -2.17. The van der Waals surface area contributed by atoms with Crippen LogP contribution in [0.4, 0.5) is 0 Å². The highest BCUT2D eigenvalue weighted by Crippen LogP contribution is 2.09. The molecule has 0 saturated heterocycles. The SMILES string of the molecule is C[C@H](NC(=O)C(N)Cc1ccccc1)c1ccccn1. The van der Waals surface area contributed by atoms with E-state index >= 15 is 0 Å². The number of carbonyl (C=O) groups excluding carboxylic acids is 1. The second kappa shape index (κ2) is 6.82. The zero-order valence-corrected chi connectivity index (χ0v) is 11.5. The van der Waals surface area contributed by atoms with Crippen LogP contribution in [0.3, 0.4) is 0 Å². The fourth-order valence-corrected chi connectivity index (χ4v) is 1.99. The summed E-state index contributed by atoms with van der Waals surface area (Å²) in [5.74, 6) is -0.160. The number of nitrogens with zero attached hydrogens (tertiary/aromatic N) is 1. The summed E-state index contributed by atoms with van der Waals surface area (Å²) in [7, 11) is 0. The molecule has 0 fully saturated rings. The van der Waals surface area contributed by atoms with Gasteiger partial charge in [0.2, 0.25) is 5.91 Å². The van der Waals surface area contributed by atoms with Crippen molar-refractivity contribution in [3.05, 3.63) is 66.0 Å². The molecule has 2 atom stereocenters. The van der Waals surface area contributed by atoms with Crippen LogP contribution >= 0.6 is 0 Å². The maximum atomic E-state index is 12.1. The molecule has 2 rings (SSSR count). The van der Waals surface area contributed by atoms with Crippen molar-refractivity contribution in [2.75, 3.05) is 0 Å². The number of amides is 1. The van der Waals surface area contributed by atoms with Crippen LogP contribution in [-0.2, 0) is 11.2 Å². The van der Waals surface area contributed by atoms with Gasteiger partial charge in [-0.1, -0.05) is 36.4 Å². The third kappa shape index (κ3) is 3.90. The van der Waals surface area contributed by atoms with E-state index in [1.165, 1.54) is 0 Å². The smallest absolute Gasteiger partial charge is 0.237 e. The number of pyridine rings is 1. The lowest BCUT2D eigenvalue weighted by Crippen LogP contribution is -2.43. The minimum atomic E-state index is -0.552. The van der Waals surface area contributed by atoms with Crippen molar-refractivity contribution < 1.29 is 4.79 Å². The first-order valence-corrected chi connectivity index (χ1v) is 6.67. The predicted molar refractivity (Wildman–Crippen MR) is 78.9 cm³/mol. The Morgan fingerprint density at radius 2 is 1.90 bits per heavy atom. The molecule has 0 bridgehead atoms. The molecule has 3 N–H and O–H groups in total. The minimum Gasteiger partial charge on any atom is -0.347 e. The van der Waals surface area contributed by atoms with Crippen LogP contribution in [0, 0.1) is 0 Å². The van der Waals surface area contributed by atoms with E-state index in [1.54, 1.807) is 6.20 Å². The predicted octanol–water partition coefficient (Wildman–Crippen LogP) is 1.83. The molecule has 1 aromatic carbocycles. The van der Waals surface area contributed by atoms with E-state index in [4.69, 9.17) is 5.73 Å². The number of rotatable bonds is 5. The first kappa shape index (κ1) is 14.2. The van der Waals surface area contributed by atoms with Gasteiger partial charge in [-0.3, -0.25) is 9.78 Å². The molecule has 104 valence electrons. The molecular weight excluding hydrogens is 250 g/mol. The molecule has 0 aliphatic heterocycles. The number of hydrogen-bond acceptors (Lipinski definition) is 3. The van der Waals surface area contributed by atoms with Gasteiger partial charge in [-0.15, -0.1) is 0 Å². The van der Waals surface area contributed by atoms with Crippen LogP contribution in [0.1, 0.15) is 24.2 Å². The zero-order valence-electron chi connectivity index (χ0n) is 11.5. The molecule has 0 aliphatic rings. The first-order chi connectivity index (χ1) is 9.66. The zero-order chi connectivity index (χ0) is 14.4. The molecule has 4 nitrogen and oxygen atoms in total. The van der Waals surface area contributed by atoms with Crippen LogP contribution in [-0.4, -0.2) is 16.9 Å². The Morgan fingerprint density at radius 3 is 2.55 bits per heavy atom. The minimum absolute atomic E-state index is 0.148. The van der Waals surface area contributed by atoms with Gasteiger partial charge in [0.15, 0.2) is 0 Å². The Hall–Kier alpha value is -2.20. The van der Waals surface area contributed by atoms with Crippen molar-refractivity contribution in [2.24, 2.45) is 5.73 Å². The lowest BCUT2D eigenvalue weighted by molar-refractivity contribution is -0.123. The normalized spacial score (nSPS) is 13.5. The number of nitrogens with one attached hydrogen (secondary N) is 1. The van der Waals surface area contributed by atoms with Crippen molar-refractivity contribution in [1.29, 1.82) is 0 Å². The van der Waals surface area contributed by atoms with Gasteiger partial charge >= 0.3 is 0 Å². The third-order valence-corrected chi connectivity index (χ3v) is 3.13. The maximum absolute atomic E-state index is 12.1. The lowest BCUT2D eigenvalue weighted by atomic mass is 10.1. The summed E-state index contributed by atoms with van der Waals surface area (Å²) in [5.41, 5.74) is 7.83. The Kier molecular flexibility index (Phi) is 4.85. The largest absolute Gasteiger partial charge is 0.347 e. The molecule has 1 unspecified atom stereocenters.